The van der Waals surface area contributed by atoms with Crippen molar-refractivity contribution in [2.24, 2.45) is 0 Å². The molecule has 0 radical (unpaired) electrons. The maximum Gasteiger partial charge on any atom is 0.134 e. The van der Waals surface area contributed by atoms with Crippen LogP contribution in [-0.2, 0) is 11.2 Å². The van der Waals surface area contributed by atoms with E-state index in [2.05, 4.69) is 0 Å². The van der Waals surface area contributed by atoms with Gasteiger partial charge in [0.1, 0.15) is 17.3 Å². The topological polar surface area (TPSA) is 35.5 Å². The maximum absolute atomic E-state index is 11.1. The monoisotopic (exact) mass is 222 g/mol. The third-order valence-corrected chi connectivity index (χ3v) is 2.01. The lowest BCUT2D eigenvalue weighted by Gasteiger charge is -2.09. The van der Waals surface area contributed by atoms with Crippen LogP contribution in [0.3, 0.4) is 0 Å². The molecule has 3 heteroatoms. The van der Waals surface area contributed by atoms with Crippen LogP contribution in [0.2, 0.25) is 0 Å². The van der Waals surface area contributed by atoms with Crippen LogP contribution in [0.1, 0.15) is 26.3 Å². The van der Waals surface area contributed by atoms with Gasteiger partial charge < -0.3 is 9.47 Å². The Morgan fingerprint density at radius 1 is 1.06 bits per heavy atom. The molecule has 0 aliphatic rings. The molecule has 0 fully saturated rings. The first-order valence-corrected chi connectivity index (χ1v) is 5.54. The lowest BCUT2D eigenvalue weighted by Crippen LogP contribution is -2.00. The molecule has 0 saturated carbocycles. The van der Waals surface area contributed by atoms with Gasteiger partial charge in [0.05, 0.1) is 13.2 Å². The summed E-state index contributed by atoms with van der Waals surface area (Å²) in [5.41, 5.74) is 0.932. The number of ether oxygens (including phenoxy) is 2. The van der Waals surface area contributed by atoms with Gasteiger partial charge in [-0.05, 0) is 38.5 Å². The number of rotatable bonds is 6. The van der Waals surface area contributed by atoms with Gasteiger partial charge in [-0.3, -0.25) is 4.79 Å². The van der Waals surface area contributed by atoms with Crippen molar-refractivity contribution in [3.8, 4) is 11.5 Å². The Labute approximate surface area is 96.4 Å². The summed E-state index contributed by atoms with van der Waals surface area (Å²) in [4.78, 5) is 11.1. The first kappa shape index (κ1) is 12.6. The summed E-state index contributed by atoms with van der Waals surface area (Å²) >= 11 is 0. The molecule has 3 nitrogen and oxygen atoms in total. The first-order valence-electron chi connectivity index (χ1n) is 5.54. The average Bonchev–Trinajstić information content (AvgIpc) is 2.17. The molecule has 0 aliphatic carbocycles. The molecular weight excluding hydrogens is 204 g/mol. The summed E-state index contributed by atoms with van der Waals surface area (Å²) in [6.45, 7) is 6.65. The predicted molar refractivity (Wildman–Crippen MR) is 63.2 cm³/mol. The zero-order valence-electron chi connectivity index (χ0n) is 10.1. The zero-order valence-corrected chi connectivity index (χ0v) is 10.1. The number of hydrogen-bond acceptors (Lipinski definition) is 3. The summed E-state index contributed by atoms with van der Waals surface area (Å²) in [5, 5.41) is 0. The summed E-state index contributed by atoms with van der Waals surface area (Å²) in [6, 6.07) is 5.61. The quantitative estimate of drug-likeness (QED) is 0.742. The van der Waals surface area contributed by atoms with Crippen LogP contribution in [0.15, 0.2) is 18.2 Å². The van der Waals surface area contributed by atoms with Gasteiger partial charge in [0.15, 0.2) is 0 Å². The number of carbonyl (C=O) groups excluding carboxylic acids is 1. The minimum atomic E-state index is 0.135. The van der Waals surface area contributed by atoms with Gasteiger partial charge >= 0.3 is 0 Å². The lowest BCUT2D eigenvalue weighted by atomic mass is 10.1. The maximum atomic E-state index is 11.1. The molecule has 0 amide bonds. The second kappa shape index (κ2) is 6.16. The second-order valence-corrected chi connectivity index (χ2v) is 3.56. The van der Waals surface area contributed by atoms with Crippen molar-refractivity contribution in [3.63, 3.8) is 0 Å². The van der Waals surface area contributed by atoms with E-state index >= 15 is 0 Å². The van der Waals surface area contributed by atoms with Gasteiger partial charge in [0, 0.05) is 12.5 Å². The molecule has 0 aromatic heterocycles. The van der Waals surface area contributed by atoms with Crippen molar-refractivity contribution in [1.29, 1.82) is 0 Å². The highest BCUT2D eigenvalue weighted by molar-refractivity contribution is 5.78. The van der Waals surface area contributed by atoms with Crippen molar-refractivity contribution in [1.82, 2.24) is 0 Å². The van der Waals surface area contributed by atoms with Gasteiger partial charge in [0.25, 0.3) is 0 Å². The highest BCUT2D eigenvalue weighted by Crippen LogP contribution is 2.23. The molecule has 0 N–H and O–H groups in total. The van der Waals surface area contributed by atoms with Crippen LogP contribution in [0, 0.1) is 0 Å². The Hall–Kier alpha value is -1.51. The molecule has 0 spiro atoms. The van der Waals surface area contributed by atoms with Crippen LogP contribution >= 0.6 is 0 Å². The Morgan fingerprint density at radius 2 is 1.56 bits per heavy atom. The average molecular weight is 222 g/mol. The van der Waals surface area contributed by atoms with Gasteiger partial charge in [-0.25, -0.2) is 0 Å². The fourth-order valence-corrected chi connectivity index (χ4v) is 1.52. The number of carbonyl (C=O) groups is 1. The molecule has 88 valence electrons. The molecule has 0 heterocycles. The van der Waals surface area contributed by atoms with Gasteiger partial charge in [0.2, 0.25) is 0 Å². The Bertz CT molecular complexity index is 334. The lowest BCUT2D eigenvalue weighted by molar-refractivity contribution is -0.116. The van der Waals surface area contributed by atoms with Crippen LogP contribution in [0.25, 0.3) is 0 Å². The Morgan fingerprint density at radius 3 is 1.94 bits per heavy atom. The fourth-order valence-electron chi connectivity index (χ4n) is 1.52. The highest BCUT2D eigenvalue weighted by Gasteiger charge is 2.04. The van der Waals surface area contributed by atoms with E-state index in [4.69, 9.17) is 9.47 Å². The standard InChI is InChI=1S/C13H18O3/c1-4-15-12-7-11(6-10(3)14)8-13(9-12)16-5-2/h7-9H,4-6H2,1-3H3. The summed E-state index contributed by atoms with van der Waals surface area (Å²) in [5.74, 6) is 1.64. The largest absolute Gasteiger partial charge is 0.494 e. The Kier molecular flexibility index (Phi) is 4.83. The van der Waals surface area contributed by atoms with Crippen molar-refractivity contribution < 1.29 is 14.3 Å². The van der Waals surface area contributed by atoms with E-state index in [-0.39, 0.29) is 5.78 Å². The fraction of sp³-hybridized carbons (Fsp3) is 0.462. The third kappa shape index (κ3) is 3.93. The molecule has 16 heavy (non-hydrogen) atoms. The molecule has 0 aliphatic heterocycles. The summed E-state index contributed by atoms with van der Waals surface area (Å²) in [6.07, 6.45) is 0.418. The SMILES string of the molecule is CCOc1cc(CC(C)=O)cc(OCC)c1. The zero-order chi connectivity index (χ0) is 12.0. The molecule has 1 aromatic rings. The summed E-state index contributed by atoms with van der Waals surface area (Å²) in [7, 11) is 0. The highest BCUT2D eigenvalue weighted by atomic mass is 16.5. The molecule has 1 rings (SSSR count). The summed E-state index contributed by atoms with van der Waals surface area (Å²) < 4.78 is 10.8. The van der Waals surface area contributed by atoms with Crippen molar-refractivity contribution in [2.75, 3.05) is 13.2 Å². The minimum Gasteiger partial charge on any atom is -0.494 e. The van der Waals surface area contributed by atoms with Gasteiger partial charge in [-0.1, -0.05) is 0 Å². The normalized spacial score (nSPS) is 9.94. The third-order valence-electron chi connectivity index (χ3n) is 2.01. The molecule has 0 bridgehead atoms. The van der Waals surface area contributed by atoms with Crippen LogP contribution in [-0.4, -0.2) is 19.0 Å². The van der Waals surface area contributed by atoms with E-state index in [1.54, 1.807) is 6.92 Å². The van der Waals surface area contributed by atoms with E-state index in [1.165, 1.54) is 0 Å². The van der Waals surface area contributed by atoms with Crippen LogP contribution in [0.5, 0.6) is 11.5 Å². The number of hydrogen-bond donors (Lipinski definition) is 0. The molecule has 1 aromatic carbocycles. The van der Waals surface area contributed by atoms with Gasteiger partial charge in [-0.2, -0.15) is 0 Å². The van der Waals surface area contributed by atoms with E-state index < -0.39 is 0 Å². The minimum absolute atomic E-state index is 0.135. The smallest absolute Gasteiger partial charge is 0.134 e. The second-order valence-electron chi connectivity index (χ2n) is 3.56. The van der Waals surface area contributed by atoms with Crippen LogP contribution in [0.4, 0.5) is 0 Å². The molecule has 0 unspecified atom stereocenters. The predicted octanol–water partition coefficient (Wildman–Crippen LogP) is 2.62. The van der Waals surface area contributed by atoms with Crippen molar-refractivity contribution in [3.05, 3.63) is 23.8 Å². The van der Waals surface area contributed by atoms with Crippen molar-refractivity contribution in [2.45, 2.75) is 27.2 Å². The first-order chi connectivity index (χ1) is 7.65. The molecule has 0 atom stereocenters. The molecular formula is C13H18O3. The van der Waals surface area contributed by atoms with Crippen molar-refractivity contribution >= 4 is 5.78 Å². The van der Waals surface area contributed by atoms with E-state index in [9.17, 15) is 4.79 Å². The number of ketones is 1. The van der Waals surface area contributed by atoms with Gasteiger partial charge in [-0.15, -0.1) is 0 Å². The Balaban J connectivity index is 2.93. The van der Waals surface area contributed by atoms with E-state index in [0.717, 1.165) is 17.1 Å². The number of Topliss-reactive ketones (excluding diaryl/α,β-unsaturated/α-hetero) is 1. The molecule has 0 saturated heterocycles. The van der Waals surface area contributed by atoms with Crippen LogP contribution < -0.4 is 9.47 Å². The van der Waals surface area contributed by atoms with E-state index in [1.807, 2.05) is 32.0 Å². The van der Waals surface area contributed by atoms with E-state index in [0.29, 0.717) is 19.6 Å². The number of benzene rings is 1.